The number of rotatable bonds is 9. The van der Waals surface area contributed by atoms with Crippen LogP contribution in [0.4, 0.5) is 11.6 Å². The summed E-state index contributed by atoms with van der Waals surface area (Å²) in [5.74, 6) is 0.119. The second kappa shape index (κ2) is 9.53. The van der Waals surface area contributed by atoms with Crippen molar-refractivity contribution in [3.63, 3.8) is 0 Å². The van der Waals surface area contributed by atoms with Crippen LogP contribution >= 0.6 is 0 Å². The zero-order chi connectivity index (χ0) is 23.4. The first-order valence-electron chi connectivity index (χ1n) is 9.70. The molecule has 0 saturated heterocycles. The molecular formula is C19H23N7O6. The summed E-state index contributed by atoms with van der Waals surface area (Å²) in [4.78, 5) is 41.1. The first-order valence-corrected chi connectivity index (χ1v) is 9.70. The molecule has 3 aromatic rings. The standard InChI is InChI=1S/C19H23N7O6/c1-11(2)32-10-14(27)9-25-15-16(24(3)19(29)22-17(15)28)21-18(25)23-20-8-12-4-6-13(7-5-12)26(30)31/h4-8,11,14,27H,9-10H2,1-3H3,(H,21,23)(H,22,28,29)/b20-8+/t14-/m0/s1. The van der Waals surface area contributed by atoms with Crippen LogP contribution in [0.2, 0.25) is 0 Å². The molecule has 3 rings (SSSR count). The van der Waals surface area contributed by atoms with Gasteiger partial charge >= 0.3 is 5.69 Å². The van der Waals surface area contributed by atoms with E-state index in [0.717, 1.165) is 0 Å². The van der Waals surface area contributed by atoms with Crippen molar-refractivity contribution >= 4 is 29.0 Å². The van der Waals surface area contributed by atoms with Crippen LogP contribution in [-0.2, 0) is 18.3 Å². The van der Waals surface area contributed by atoms with Gasteiger partial charge in [-0.1, -0.05) is 0 Å². The maximum Gasteiger partial charge on any atom is 0.329 e. The Balaban J connectivity index is 1.93. The third-order valence-corrected chi connectivity index (χ3v) is 4.50. The van der Waals surface area contributed by atoms with E-state index in [4.69, 9.17) is 4.74 Å². The van der Waals surface area contributed by atoms with Crippen molar-refractivity contribution in [1.29, 1.82) is 0 Å². The number of H-pyrrole nitrogens is 1. The minimum atomic E-state index is -0.953. The molecule has 0 aliphatic heterocycles. The van der Waals surface area contributed by atoms with Crippen molar-refractivity contribution in [2.24, 2.45) is 12.1 Å². The lowest BCUT2D eigenvalue weighted by Crippen LogP contribution is -2.30. The van der Waals surface area contributed by atoms with Crippen LogP contribution in [0, 0.1) is 10.1 Å². The van der Waals surface area contributed by atoms with Gasteiger partial charge in [-0.2, -0.15) is 10.1 Å². The van der Waals surface area contributed by atoms with Gasteiger partial charge in [0.25, 0.3) is 11.2 Å². The quantitative estimate of drug-likeness (QED) is 0.244. The monoisotopic (exact) mass is 445 g/mol. The van der Waals surface area contributed by atoms with Crippen LogP contribution in [0.15, 0.2) is 39.0 Å². The van der Waals surface area contributed by atoms with Gasteiger partial charge in [-0.25, -0.2) is 10.2 Å². The van der Waals surface area contributed by atoms with Crippen LogP contribution in [0.1, 0.15) is 19.4 Å². The van der Waals surface area contributed by atoms with Gasteiger partial charge in [0.05, 0.1) is 36.5 Å². The van der Waals surface area contributed by atoms with Gasteiger partial charge in [0.15, 0.2) is 11.2 Å². The zero-order valence-corrected chi connectivity index (χ0v) is 17.7. The summed E-state index contributed by atoms with van der Waals surface area (Å²) in [6.45, 7) is 3.66. The van der Waals surface area contributed by atoms with Crippen LogP contribution in [0.3, 0.4) is 0 Å². The number of nitro groups is 1. The molecule has 0 unspecified atom stereocenters. The molecule has 0 radical (unpaired) electrons. The molecule has 2 heterocycles. The number of aromatic nitrogens is 4. The van der Waals surface area contributed by atoms with Crippen molar-refractivity contribution in [3.05, 3.63) is 60.8 Å². The van der Waals surface area contributed by atoms with E-state index in [1.807, 2.05) is 13.8 Å². The number of nitro benzene ring substituents is 1. The number of hydrazone groups is 1. The molecular weight excluding hydrogens is 422 g/mol. The lowest BCUT2D eigenvalue weighted by molar-refractivity contribution is -0.384. The molecule has 3 N–H and O–H groups in total. The Morgan fingerprint density at radius 2 is 2.03 bits per heavy atom. The van der Waals surface area contributed by atoms with Gasteiger partial charge < -0.3 is 14.4 Å². The number of non-ortho nitro benzene ring substituents is 1. The predicted octanol–water partition coefficient (Wildman–Crippen LogP) is 0.563. The van der Waals surface area contributed by atoms with E-state index in [-0.39, 0.29) is 42.1 Å². The van der Waals surface area contributed by atoms with Crippen LogP contribution in [0.25, 0.3) is 11.2 Å². The van der Waals surface area contributed by atoms with Crippen molar-refractivity contribution in [1.82, 2.24) is 19.1 Å². The Morgan fingerprint density at radius 3 is 2.66 bits per heavy atom. The maximum absolute atomic E-state index is 12.5. The highest BCUT2D eigenvalue weighted by atomic mass is 16.6. The van der Waals surface area contributed by atoms with Gasteiger partial charge in [0, 0.05) is 19.2 Å². The van der Waals surface area contributed by atoms with Gasteiger partial charge in [-0.15, -0.1) is 0 Å². The largest absolute Gasteiger partial charge is 0.389 e. The van der Waals surface area contributed by atoms with Crippen LogP contribution < -0.4 is 16.7 Å². The second-order valence-electron chi connectivity index (χ2n) is 7.29. The molecule has 0 saturated carbocycles. The fourth-order valence-corrected chi connectivity index (χ4v) is 2.91. The highest BCUT2D eigenvalue weighted by Gasteiger charge is 2.19. The number of fused-ring (bicyclic) bond motifs is 1. The number of aliphatic hydroxyl groups is 1. The third kappa shape index (κ3) is 5.07. The Hall–Kier alpha value is -3.84. The molecule has 0 aliphatic carbocycles. The Morgan fingerprint density at radius 1 is 1.34 bits per heavy atom. The molecule has 13 nitrogen and oxygen atoms in total. The number of hydrogen-bond donors (Lipinski definition) is 3. The molecule has 2 aromatic heterocycles. The zero-order valence-electron chi connectivity index (χ0n) is 17.7. The number of benzene rings is 1. The molecule has 13 heteroatoms. The molecule has 1 atom stereocenters. The number of aliphatic hydroxyl groups excluding tert-OH is 1. The molecule has 0 aliphatic rings. The van der Waals surface area contributed by atoms with E-state index in [2.05, 4.69) is 20.5 Å². The molecule has 32 heavy (non-hydrogen) atoms. The Bertz CT molecular complexity index is 1260. The minimum absolute atomic E-state index is 0.0342. The molecule has 170 valence electrons. The summed E-state index contributed by atoms with van der Waals surface area (Å²) in [5, 5.41) is 25.2. The smallest absolute Gasteiger partial charge is 0.329 e. The average Bonchev–Trinajstić information content (AvgIpc) is 3.09. The molecule has 0 spiro atoms. The van der Waals surface area contributed by atoms with Crippen molar-refractivity contribution in [3.8, 4) is 0 Å². The number of nitrogens with zero attached hydrogens (tertiary/aromatic N) is 5. The Labute approximate surface area is 181 Å². The SMILES string of the molecule is CC(C)OC[C@@H](O)Cn1c(N/N=C/c2ccc([N+](=O)[O-])cc2)nc2c1c(=O)[nH]c(=O)n2C. The average molecular weight is 445 g/mol. The maximum atomic E-state index is 12.5. The lowest BCUT2D eigenvalue weighted by atomic mass is 10.2. The summed E-state index contributed by atoms with van der Waals surface area (Å²) in [5.41, 5.74) is 2.16. The minimum Gasteiger partial charge on any atom is -0.389 e. The topological polar surface area (TPSA) is 170 Å². The van der Waals surface area contributed by atoms with E-state index in [1.54, 1.807) is 0 Å². The third-order valence-electron chi connectivity index (χ3n) is 4.50. The van der Waals surface area contributed by atoms with E-state index < -0.39 is 22.3 Å². The van der Waals surface area contributed by atoms with Gasteiger partial charge in [0.1, 0.15) is 0 Å². The van der Waals surface area contributed by atoms with Gasteiger partial charge in [-0.3, -0.25) is 24.5 Å². The summed E-state index contributed by atoms with van der Waals surface area (Å²) in [6.07, 6.45) is 0.373. The first kappa shape index (κ1) is 22.8. The summed E-state index contributed by atoms with van der Waals surface area (Å²) >= 11 is 0. The normalized spacial score (nSPS) is 12.7. The first-order chi connectivity index (χ1) is 15.2. The van der Waals surface area contributed by atoms with Crippen LogP contribution in [-0.4, -0.2) is 54.2 Å². The van der Waals surface area contributed by atoms with E-state index in [1.165, 1.54) is 46.7 Å². The number of aryl methyl sites for hydroxylation is 1. The number of ether oxygens (including phenoxy) is 1. The number of anilines is 1. The molecule has 1 aromatic carbocycles. The van der Waals surface area contributed by atoms with Crippen molar-refractivity contribution in [2.45, 2.75) is 32.6 Å². The van der Waals surface area contributed by atoms with E-state index in [0.29, 0.717) is 5.56 Å². The highest BCUT2D eigenvalue weighted by molar-refractivity contribution is 5.81. The molecule has 0 bridgehead atoms. The molecule has 0 amide bonds. The van der Waals surface area contributed by atoms with Crippen molar-refractivity contribution < 1.29 is 14.8 Å². The lowest BCUT2D eigenvalue weighted by Gasteiger charge is -2.15. The second-order valence-corrected chi connectivity index (χ2v) is 7.29. The highest BCUT2D eigenvalue weighted by Crippen LogP contribution is 2.17. The van der Waals surface area contributed by atoms with Gasteiger partial charge in [-0.05, 0) is 31.5 Å². The summed E-state index contributed by atoms with van der Waals surface area (Å²) in [7, 11) is 1.46. The predicted molar refractivity (Wildman–Crippen MR) is 117 cm³/mol. The van der Waals surface area contributed by atoms with Gasteiger partial charge in [0.2, 0.25) is 5.95 Å². The number of hydrogen-bond acceptors (Lipinski definition) is 9. The number of aromatic amines is 1. The number of nitrogens with one attached hydrogen (secondary N) is 2. The molecule has 0 fully saturated rings. The van der Waals surface area contributed by atoms with Crippen molar-refractivity contribution in [2.75, 3.05) is 12.0 Å². The van der Waals surface area contributed by atoms with E-state index >= 15 is 0 Å². The fourth-order valence-electron chi connectivity index (χ4n) is 2.91. The summed E-state index contributed by atoms with van der Waals surface area (Å²) in [6, 6.07) is 5.73. The fraction of sp³-hybridized carbons (Fsp3) is 0.368. The number of imidazole rings is 1. The Kier molecular flexibility index (Phi) is 6.80. The summed E-state index contributed by atoms with van der Waals surface area (Å²) < 4.78 is 8.01. The van der Waals surface area contributed by atoms with E-state index in [9.17, 15) is 24.8 Å². The van der Waals surface area contributed by atoms with Crippen LogP contribution in [0.5, 0.6) is 0 Å².